The van der Waals surface area contributed by atoms with Crippen molar-refractivity contribution in [2.45, 2.75) is 69.5 Å². The molecule has 0 radical (unpaired) electrons. The SMILES string of the molecule is CC(C)(C)c1ccc(NC(=O)CSc2nnc(N3CCCCC3)n2C2CC2)cc1. The molecular formula is C22H31N5OS. The molecular weight excluding hydrogens is 382 g/mol. The number of thioether (sulfide) groups is 1. The number of nitrogens with one attached hydrogen (secondary N) is 1. The van der Waals surface area contributed by atoms with Gasteiger partial charge in [-0.3, -0.25) is 9.36 Å². The van der Waals surface area contributed by atoms with Crippen LogP contribution in [0.15, 0.2) is 29.4 Å². The maximum Gasteiger partial charge on any atom is 0.234 e. The Bertz CT molecular complexity index is 845. The van der Waals surface area contributed by atoms with Crippen molar-refractivity contribution in [2.24, 2.45) is 0 Å². The van der Waals surface area contributed by atoms with Crippen molar-refractivity contribution in [3.63, 3.8) is 0 Å². The van der Waals surface area contributed by atoms with E-state index in [2.05, 4.69) is 57.9 Å². The normalized spacial score (nSPS) is 17.4. The van der Waals surface area contributed by atoms with E-state index in [0.29, 0.717) is 11.8 Å². The second-order valence-electron chi connectivity index (χ2n) is 9.10. The minimum Gasteiger partial charge on any atom is -0.341 e. The Kier molecular flexibility index (Phi) is 5.86. The summed E-state index contributed by atoms with van der Waals surface area (Å²) < 4.78 is 2.27. The van der Waals surface area contributed by atoms with Crippen LogP contribution < -0.4 is 10.2 Å². The number of piperidine rings is 1. The van der Waals surface area contributed by atoms with Crippen molar-refractivity contribution in [2.75, 3.05) is 29.1 Å². The largest absolute Gasteiger partial charge is 0.341 e. The van der Waals surface area contributed by atoms with Gasteiger partial charge in [-0.15, -0.1) is 10.2 Å². The number of carbonyl (C=O) groups excluding carboxylic acids is 1. The molecule has 1 aromatic heterocycles. The number of anilines is 2. The lowest BCUT2D eigenvalue weighted by atomic mass is 9.87. The molecule has 0 bridgehead atoms. The lowest BCUT2D eigenvalue weighted by Crippen LogP contribution is -2.32. The van der Waals surface area contributed by atoms with E-state index in [1.54, 1.807) is 0 Å². The van der Waals surface area contributed by atoms with Crippen molar-refractivity contribution in [3.8, 4) is 0 Å². The third kappa shape index (κ3) is 4.94. The Balaban J connectivity index is 1.37. The Morgan fingerprint density at radius 3 is 2.41 bits per heavy atom. The molecule has 0 unspecified atom stereocenters. The van der Waals surface area contributed by atoms with E-state index < -0.39 is 0 Å². The lowest BCUT2D eigenvalue weighted by molar-refractivity contribution is -0.113. The molecule has 6 nitrogen and oxygen atoms in total. The molecule has 1 aliphatic heterocycles. The van der Waals surface area contributed by atoms with Crippen LogP contribution in [0.2, 0.25) is 0 Å². The number of aromatic nitrogens is 3. The molecule has 1 saturated heterocycles. The van der Waals surface area contributed by atoms with E-state index in [1.807, 2.05) is 12.1 Å². The van der Waals surface area contributed by atoms with Crippen molar-refractivity contribution in [1.82, 2.24) is 14.8 Å². The minimum absolute atomic E-state index is 0.0108. The Labute approximate surface area is 177 Å². The molecule has 1 amide bonds. The van der Waals surface area contributed by atoms with Gasteiger partial charge in [0.25, 0.3) is 0 Å². The average molecular weight is 414 g/mol. The van der Waals surface area contributed by atoms with Gasteiger partial charge in [-0.05, 0) is 55.2 Å². The standard InChI is InChI=1S/C22H31N5OS/c1-22(2,3)16-7-9-17(10-8-16)23-19(28)15-29-21-25-24-20(27(21)18-11-12-18)26-13-5-4-6-14-26/h7-10,18H,4-6,11-15H2,1-3H3,(H,23,28). The zero-order valence-electron chi connectivity index (χ0n) is 17.6. The van der Waals surface area contributed by atoms with Crippen LogP contribution in [-0.4, -0.2) is 39.5 Å². The third-order valence-corrected chi connectivity index (χ3v) is 6.51. The molecule has 2 aromatic rings. The molecule has 29 heavy (non-hydrogen) atoms. The first-order valence-corrected chi connectivity index (χ1v) is 11.6. The molecule has 1 aliphatic carbocycles. The van der Waals surface area contributed by atoms with Gasteiger partial charge in [0, 0.05) is 24.8 Å². The van der Waals surface area contributed by atoms with E-state index in [4.69, 9.17) is 0 Å². The van der Waals surface area contributed by atoms with Crippen LogP contribution in [0.25, 0.3) is 0 Å². The van der Waals surface area contributed by atoms with Gasteiger partial charge in [0.2, 0.25) is 11.9 Å². The summed E-state index contributed by atoms with van der Waals surface area (Å²) in [6.07, 6.45) is 6.09. The Hall–Kier alpha value is -2.02. The highest BCUT2D eigenvalue weighted by Gasteiger charge is 2.32. The topological polar surface area (TPSA) is 63.1 Å². The molecule has 0 atom stereocenters. The molecule has 156 valence electrons. The minimum atomic E-state index is -0.0108. The highest BCUT2D eigenvalue weighted by molar-refractivity contribution is 7.99. The smallest absolute Gasteiger partial charge is 0.234 e. The Morgan fingerprint density at radius 1 is 1.10 bits per heavy atom. The summed E-state index contributed by atoms with van der Waals surface area (Å²) in [7, 11) is 0. The number of hydrogen-bond acceptors (Lipinski definition) is 5. The summed E-state index contributed by atoms with van der Waals surface area (Å²) in [6, 6.07) is 8.61. The van der Waals surface area contributed by atoms with Crippen LogP contribution in [0.4, 0.5) is 11.6 Å². The summed E-state index contributed by atoms with van der Waals surface area (Å²) >= 11 is 1.49. The van der Waals surface area contributed by atoms with Gasteiger partial charge < -0.3 is 10.2 Å². The zero-order chi connectivity index (χ0) is 20.4. The quantitative estimate of drug-likeness (QED) is 0.700. The predicted molar refractivity (Wildman–Crippen MR) is 119 cm³/mol. The van der Waals surface area contributed by atoms with E-state index >= 15 is 0 Å². The monoisotopic (exact) mass is 413 g/mol. The van der Waals surface area contributed by atoms with Crippen LogP contribution >= 0.6 is 11.8 Å². The van der Waals surface area contributed by atoms with E-state index in [1.165, 1.54) is 49.4 Å². The molecule has 7 heteroatoms. The fourth-order valence-corrected chi connectivity index (χ4v) is 4.51. The maximum atomic E-state index is 12.5. The second kappa shape index (κ2) is 8.38. The maximum absolute atomic E-state index is 12.5. The third-order valence-electron chi connectivity index (χ3n) is 5.56. The lowest BCUT2D eigenvalue weighted by Gasteiger charge is -2.27. The van der Waals surface area contributed by atoms with Gasteiger partial charge in [0.05, 0.1) is 5.75 Å². The number of nitrogens with zero attached hydrogens (tertiary/aromatic N) is 4. The van der Waals surface area contributed by atoms with E-state index in [-0.39, 0.29) is 11.3 Å². The number of carbonyl (C=O) groups is 1. The summed E-state index contributed by atoms with van der Waals surface area (Å²) in [5.41, 5.74) is 2.20. The Morgan fingerprint density at radius 2 is 1.79 bits per heavy atom. The molecule has 2 fully saturated rings. The number of hydrogen-bond donors (Lipinski definition) is 1. The molecule has 4 rings (SSSR count). The zero-order valence-corrected chi connectivity index (χ0v) is 18.5. The highest BCUT2D eigenvalue weighted by atomic mass is 32.2. The second-order valence-corrected chi connectivity index (χ2v) is 10.0. The fourth-order valence-electron chi connectivity index (χ4n) is 3.71. The van der Waals surface area contributed by atoms with E-state index in [9.17, 15) is 4.79 Å². The highest BCUT2D eigenvalue weighted by Crippen LogP contribution is 2.41. The molecule has 1 saturated carbocycles. The predicted octanol–water partition coefficient (Wildman–Crippen LogP) is 4.63. The first-order chi connectivity index (χ1) is 13.9. The van der Waals surface area contributed by atoms with Crippen LogP contribution in [-0.2, 0) is 10.2 Å². The fraction of sp³-hybridized carbons (Fsp3) is 0.591. The molecule has 2 heterocycles. The van der Waals surface area contributed by atoms with Gasteiger partial charge in [0.1, 0.15) is 0 Å². The number of benzene rings is 1. The van der Waals surface area contributed by atoms with Gasteiger partial charge in [-0.25, -0.2) is 0 Å². The summed E-state index contributed by atoms with van der Waals surface area (Å²) in [5, 5.41) is 12.8. The molecule has 1 N–H and O–H groups in total. The van der Waals surface area contributed by atoms with Gasteiger partial charge in [0.15, 0.2) is 5.16 Å². The summed E-state index contributed by atoms with van der Waals surface area (Å²) in [4.78, 5) is 14.8. The van der Waals surface area contributed by atoms with Crippen molar-refractivity contribution in [3.05, 3.63) is 29.8 Å². The van der Waals surface area contributed by atoms with Crippen LogP contribution in [0, 0.1) is 0 Å². The van der Waals surface area contributed by atoms with Crippen molar-refractivity contribution >= 4 is 29.3 Å². The van der Waals surface area contributed by atoms with E-state index in [0.717, 1.165) is 29.9 Å². The van der Waals surface area contributed by atoms with Crippen molar-refractivity contribution < 1.29 is 4.79 Å². The van der Waals surface area contributed by atoms with Crippen LogP contribution in [0.3, 0.4) is 0 Å². The van der Waals surface area contributed by atoms with Crippen LogP contribution in [0.5, 0.6) is 0 Å². The molecule has 1 aromatic carbocycles. The number of amides is 1. The summed E-state index contributed by atoms with van der Waals surface area (Å²) in [5.74, 6) is 1.32. The first-order valence-electron chi connectivity index (χ1n) is 10.6. The summed E-state index contributed by atoms with van der Waals surface area (Å²) in [6.45, 7) is 8.67. The molecule has 0 spiro atoms. The van der Waals surface area contributed by atoms with Gasteiger partial charge in [-0.1, -0.05) is 44.7 Å². The van der Waals surface area contributed by atoms with Gasteiger partial charge in [-0.2, -0.15) is 0 Å². The van der Waals surface area contributed by atoms with Crippen LogP contribution in [0.1, 0.15) is 64.5 Å². The number of rotatable bonds is 6. The van der Waals surface area contributed by atoms with Crippen molar-refractivity contribution in [1.29, 1.82) is 0 Å². The average Bonchev–Trinajstić information content (AvgIpc) is 3.45. The van der Waals surface area contributed by atoms with Gasteiger partial charge >= 0.3 is 0 Å². The molecule has 2 aliphatic rings. The first kappa shape index (κ1) is 20.3.